The van der Waals surface area contributed by atoms with Crippen molar-refractivity contribution in [1.82, 2.24) is 15.0 Å². The van der Waals surface area contributed by atoms with Crippen molar-refractivity contribution in [3.05, 3.63) is 48.7 Å². The summed E-state index contributed by atoms with van der Waals surface area (Å²) in [6, 6.07) is 12.6. The van der Waals surface area contributed by atoms with E-state index >= 15 is 0 Å². The molecule has 1 amide bonds. The predicted octanol–water partition coefficient (Wildman–Crippen LogP) is 3.37. The molecular formula is C23H28N6O3S3. The van der Waals surface area contributed by atoms with Crippen molar-refractivity contribution in [2.45, 2.75) is 31.7 Å². The van der Waals surface area contributed by atoms with E-state index in [1.54, 1.807) is 18.3 Å². The lowest BCUT2D eigenvalue weighted by Gasteiger charge is -2.13. The lowest BCUT2D eigenvalue weighted by Crippen LogP contribution is -2.33. The van der Waals surface area contributed by atoms with E-state index in [9.17, 15) is 13.2 Å². The Morgan fingerprint density at radius 1 is 1.11 bits per heavy atom. The Morgan fingerprint density at radius 3 is 2.43 bits per heavy atom. The number of sulfonamides is 1. The molecule has 0 bridgehead atoms. The summed E-state index contributed by atoms with van der Waals surface area (Å²) in [5.74, 6) is -0.297. The van der Waals surface area contributed by atoms with Gasteiger partial charge in [-0.1, -0.05) is 6.07 Å². The number of nitrogens with two attached hydrogens (primary N) is 1. The topological polar surface area (TPSA) is 138 Å². The molecule has 6 N–H and O–H groups in total. The first kappa shape index (κ1) is 26.7. The number of benzene rings is 2. The lowest BCUT2D eigenvalue weighted by molar-refractivity contribution is -0.114. The van der Waals surface area contributed by atoms with Crippen molar-refractivity contribution in [2.75, 3.05) is 23.7 Å². The summed E-state index contributed by atoms with van der Waals surface area (Å²) in [4.78, 5) is 16.7. The molecule has 35 heavy (non-hydrogen) atoms. The smallest absolute Gasteiger partial charge is 0.241 e. The van der Waals surface area contributed by atoms with Crippen molar-refractivity contribution in [1.29, 1.82) is 0 Å². The van der Waals surface area contributed by atoms with Gasteiger partial charge in [0.05, 0.1) is 9.77 Å². The molecule has 0 fully saturated rings. The first-order valence-corrected chi connectivity index (χ1v) is 13.6. The maximum atomic E-state index is 13.0. The Kier molecular flexibility index (Phi) is 8.92. The number of nitrogens with one attached hydrogen (secondary N) is 4. The second-order valence-corrected chi connectivity index (χ2v) is 11.1. The number of thiocarbonyl (C=S) groups is 1. The first-order valence-electron chi connectivity index (χ1n) is 10.8. The number of aromatic nitrogens is 1. The van der Waals surface area contributed by atoms with E-state index in [-0.39, 0.29) is 29.9 Å². The van der Waals surface area contributed by atoms with Gasteiger partial charge in [0, 0.05) is 54.8 Å². The van der Waals surface area contributed by atoms with Crippen LogP contribution >= 0.6 is 23.6 Å². The Hall–Kier alpha value is -2.90. The van der Waals surface area contributed by atoms with E-state index in [1.165, 1.54) is 24.3 Å². The zero-order chi connectivity index (χ0) is 25.6. The average molecular weight is 533 g/mol. The molecule has 0 aliphatic rings. The van der Waals surface area contributed by atoms with Crippen molar-refractivity contribution < 1.29 is 13.2 Å². The van der Waals surface area contributed by atoms with Gasteiger partial charge < -0.3 is 21.7 Å². The highest BCUT2D eigenvalue weighted by Crippen LogP contribution is 2.37. The molecule has 0 radical (unpaired) electrons. The normalized spacial score (nSPS) is 11.3. The first-order chi connectivity index (χ1) is 16.6. The SMILES string of the molecule is CC(=O)Nc1ccc(-c2cnc(-c3ccc(NC(=S)NC(C)C)cc3)s2)c(S(=O)(=O)NCCN)c1. The second kappa shape index (κ2) is 11.7. The summed E-state index contributed by atoms with van der Waals surface area (Å²) in [6.45, 7) is 5.63. The van der Waals surface area contributed by atoms with Gasteiger partial charge in [0.1, 0.15) is 5.01 Å². The maximum absolute atomic E-state index is 13.0. The minimum atomic E-state index is -3.87. The van der Waals surface area contributed by atoms with Gasteiger partial charge in [-0.2, -0.15) is 0 Å². The average Bonchev–Trinajstić information content (AvgIpc) is 3.27. The van der Waals surface area contributed by atoms with Crippen LogP contribution in [0.15, 0.2) is 53.6 Å². The lowest BCUT2D eigenvalue weighted by atomic mass is 10.2. The fourth-order valence-electron chi connectivity index (χ4n) is 3.16. The molecule has 0 aliphatic heterocycles. The molecule has 0 atom stereocenters. The largest absolute Gasteiger partial charge is 0.360 e. The van der Waals surface area contributed by atoms with Gasteiger partial charge in [-0.25, -0.2) is 18.1 Å². The van der Waals surface area contributed by atoms with Crippen LogP contribution in [0.25, 0.3) is 21.0 Å². The third-order valence-corrected chi connectivity index (χ3v) is 7.41. The van der Waals surface area contributed by atoms with Gasteiger partial charge in [-0.3, -0.25) is 4.79 Å². The van der Waals surface area contributed by atoms with E-state index in [0.29, 0.717) is 21.2 Å². The molecule has 1 heterocycles. The van der Waals surface area contributed by atoms with Crippen molar-refractivity contribution >= 4 is 56.0 Å². The highest BCUT2D eigenvalue weighted by Gasteiger charge is 2.21. The van der Waals surface area contributed by atoms with Crippen molar-refractivity contribution in [2.24, 2.45) is 5.73 Å². The zero-order valence-corrected chi connectivity index (χ0v) is 22.0. The number of amides is 1. The number of nitrogens with zero attached hydrogens (tertiary/aromatic N) is 1. The molecule has 3 aromatic rings. The van der Waals surface area contributed by atoms with Crippen LogP contribution in [0.1, 0.15) is 20.8 Å². The Morgan fingerprint density at radius 2 is 1.80 bits per heavy atom. The number of hydrogen-bond acceptors (Lipinski definition) is 7. The monoisotopic (exact) mass is 532 g/mol. The van der Waals surface area contributed by atoms with Crippen LogP contribution in [0.5, 0.6) is 0 Å². The van der Waals surface area contributed by atoms with Gasteiger partial charge >= 0.3 is 0 Å². The zero-order valence-electron chi connectivity index (χ0n) is 19.6. The minimum absolute atomic E-state index is 0.0399. The van der Waals surface area contributed by atoms with Crippen LogP contribution in [0.4, 0.5) is 11.4 Å². The Balaban J connectivity index is 1.90. The number of anilines is 2. The predicted molar refractivity (Wildman–Crippen MR) is 146 cm³/mol. The summed E-state index contributed by atoms with van der Waals surface area (Å²) in [7, 11) is -3.87. The molecule has 12 heteroatoms. The molecule has 0 saturated carbocycles. The standard InChI is InChI=1S/C23H28N6O3S3/c1-14(2)27-23(33)29-17-6-4-16(5-7-17)22-25-13-20(34-22)19-9-8-18(28-15(3)30)12-21(19)35(31,32)26-11-10-24/h4-9,12-14,26H,10-11,24H2,1-3H3,(H,28,30)(H2,27,29,33). The van der Waals surface area contributed by atoms with Gasteiger partial charge in [-0.05, 0) is 62.5 Å². The summed E-state index contributed by atoms with van der Waals surface area (Å²) in [5, 5.41) is 10.2. The third kappa shape index (κ3) is 7.29. The van der Waals surface area contributed by atoms with Crippen molar-refractivity contribution in [3.8, 4) is 21.0 Å². The summed E-state index contributed by atoms with van der Waals surface area (Å²) in [5.41, 5.74) is 8.07. The molecule has 2 aromatic carbocycles. The molecule has 0 aliphatic carbocycles. The summed E-state index contributed by atoms with van der Waals surface area (Å²) >= 11 is 6.65. The molecule has 0 spiro atoms. The van der Waals surface area contributed by atoms with Crippen LogP contribution < -0.4 is 26.4 Å². The second-order valence-electron chi connectivity index (χ2n) is 7.94. The van der Waals surface area contributed by atoms with Gasteiger partial charge in [0.25, 0.3) is 0 Å². The van der Waals surface area contributed by atoms with Crippen LogP contribution in [0.2, 0.25) is 0 Å². The molecule has 0 unspecified atom stereocenters. The highest BCUT2D eigenvalue weighted by atomic mass is 32.2. The Bertz CT molecular complexity index is 1300. The van der Waals surface area contributed by atoms with E-state index in [4.69, 9.17) is 18.0 Å². The highest BCUT2D eigenvalue weighted by molar-refractivity contribution is 7.89. The number of carbonyl (C=O) groups excluding carboxylic acids is 1. The fourth-order valence-corrected chi connectivity index (χ4v) is 5.83. The van der Waals surface area contributed by atoms with Gasteiger partial charge in [0.2, 0.25) is 15.9 Å². The van der Waals surface area contributed by atoms with Crippen molar-refractivity contribution in [3.63, 3.8) is 0 Å². The number of thiazole rings is 1. The van der Waals surface area contributed by atoms with E-state index in [0.717, 1.165) is 16.3 Å². The van der Waals surface area contributed by atoms with Crippen LogP contribution in [-0.2, 0) is 14.8 Å². The van der Waals surface area contributed by atoms with E-state index in [2.05, 4.69) is 25.7 Å². The van der Waals surface area contributed by atoms with Gasteiger partial charge in [-0.15, -0.1) is 11.3 Å². The van der Waals surface area contributed by atoms with E-state index in [1.807, 2.05) is 38.1 Å². The molecule has 3 rings (SSSR count). The molecule has 1 aromatic heterocycles. The van der Waals surface area contributed by atoms with Crippen LogP contribution in [0.3, 0.4) is 0 Å². The third-order valence-electron chi connectivity index (χ3n) is 4.61. The summed E-state index contributed by atoms with van der Waals surface area (Å²) in [6.07, 6.45) is 1.64. The molecule has 0 saturated heterocycles. The molecule has 9 nitrogen and oxygen atoms in total. The number of carbonyl (C=O) groups is 1. The van der Waals surface area contributed by atoms with Crippen LogP contribution in [-0.4, -0.2) is 43.6 Å². The molecular weight excluding hydrogens is 504 g/mol. The van der Waals surface area contributed by atoms with E-state index < -0.39 is 10.0 Å². The summed E-state index contributed by atoms with van der Waals surface area (Å²) < 4.78 is 28.4. The molecule has 186 valence electrons. The quantitative estimate of drug-likeness (QED) is 0.265. The minimum Gasteiger partial charge on any atom is -0.360 e. The van der Waals surface area contributed by atoms with Crippen LogP contribution in [0, 0.1) is 0 Å². The van der Waals surface area contributed by atoms with Gasteiger partial charge in [0.15, 0.2) is 5.11 Å². The Labute approximate surface area is 214 Å². The number of hydrogen-bond donors (Lipinski definition) is 5. The number of rotatable bonds is 9. The fraction of sp³-hybridized carbons (Fsp3) is 0.261. The maximum Gasteiger partial charge on any atom is 0.241 e.